The summed E-state index contributed by atoms with van der Waals surface area (Å²) in [5.41, 5.74) is 6.18. The lowest BCUT2D eigenvalue weighted by Crippen LogP contribution is -2.54. The van der Waals surface area contributed by atoms with E-state index in [0.717, 1.165) is 31.0 Å². The lowest BCUT2D eigenvalue weighted by molar-refractivity contribution is -0.123. The average molecular weight is 349 g/mol. The van der Waals surface area contributed by atoms with Gasteiger partial charge in [-0.25, -0.2) is 0 Å². The number of carbonyl (C=O) groups is 1. The highest BCUT2D eigenvalue weighted by atomic mass is 16.5. The Hall–Kier alpha value is -1.79. The van der Waals surface area contributed by atoms with Crippen molar-refractivity contribution in [3.05, 3.63) is 24.3 Å². The standard InChI is InChI=1S/C19H31N3O3/c1-4-24-15-5-7-16(8-6-15)25-12-10-21-18(23)13-22-11-9-17(20)19(2,3)14-22/h5-8,17H,4,9-14,20H2,1-3H3,(H,21,23). The fourth-order valence-corrected chi connectivity index (χ4v) is 3.04. The number of nitrogens with one attached hydrogen (secondary N) is 1. The van der Waals surface area contributed by atoms with Crippen LogP contribution in [0.1, 0.15) is 27.2 Å². The molecule has 1 heterocycles. The molecule has 2 rings (SSSR count). The van der Waals surface area contributed by atoms with E-state index < -0.39 is 0 Å². The predicted molar refractivity (Wildman–Crippen MR) is 98.9 cm³/mol. The molecule has 1 atom stereocenters. The Morgan fingerprint density at radius 3 is 2.52 bits per heavy atom. The van der Waals surface area contributed by atoms with E-state index in [9.17, 15) is 4.79 Å². The molecule has 25 heavy (non-hydrogen) atoms. The number of benzene rings is 1. The fourth-order valence-electron chi connectivity index (χ4n) is 3.04. The molecule has 0 spiro atoms. The number of piperidine rings is 1. The topological polar surface area (TPSA) is 76.8 Å². The van der Waals surface area contributed by atoms with E-state index in [2.05, 4.69) is 24.1 Å². The summed E-state index contributed by atoms with van der Waals surface area (Å²) in [6.07, 6.45) is 0.932. The third-order valence-corrected chi connectivity index (χ3v) is 4.59. The van der Waals surface area contributed by atoms with E-state index in [4.69, 9.17) is 15.2 Å². The van der Waals surface area contributed by atoms with Gasteiger partial charge in [-0.15, -0.1) is 0 Å². The molecule has 6 heteroatoms. The SMILES string of the molecule is CCOc1ccc(OCCNC(=O)CN2CCC(N)C(C)(C)C2)cc1. The molecule has 1 unspecified atom stereocenters. The lowest BCUT2D eigenvalue weighted by Gasteiger charge is -2.42. The summed E-state index contributed by atoms with van der Waals surface area (Å²) in [4.78, 5) is 14.2. The molecule has 0 aromatic heterocycles. The van der Waals surface area contributed by atoms with Gasteiger partial charge in [0.2, 0.25) is 5.91 Å². The molecule has 1 aliphatic heterocycles. The zero-order valence-electron chi connectivity index (χ0n) is 15.6. The zero-order valence-corrected chi connectivity index (χ0v) is 15.6. The number of nitrogens with zero attached hydrogens (tertiary/aromatic N) is 1. The first-order valence-electron chi connectivity index (χ1n) is 9.01. The van der Waals surface area contributed by atoms with E-state index >= 15 is 0 Å². The van der Waals surface area contributed by atoms with E-state index in [-0.39, 0.29) is 17.4 Å². The van der Waals surface area contributed by atoms with Crippen LogP contribution in [0.4, 0.5) is 0 Å². The van der Waals surface area contributed by atoms with Crippen LogP contribution in [-0.4, -0.2) is 56.2 Å². The first kappa shape index (κ1) is 19.5. The summed E-state index contributed by atoms with van der Waals surface area (Å²) in [7, 11) is 0. The van der Waals surface area contributed by atoms with Gasteiger partial charge in [-0.2, -0.15) is 0 Å². The van der Waals surface area contributed by atoms with Crippen LogP contribution in [0.2, 0.25) is 0 Å². The van der Waals surface area contributed by atoms with Crippen LogP contribution in [0, 0.1) is 5.41 Å². The molecule has 0 radical (unpaired) electrons. The van der Waals surface area contributed by atoms with Crippen molar-refractivity contribution < 1.29 is 14.3 Å². The van der Waals surface area contributed by atoms with Gasteiger partial charge in [0.05, 0.1) is 19.7 Å². The molecule has 140 valence electrons. The average Bonchev–Trinajstić information content (AvgIpc) is 2.56. The van der Waals surface area contributed by atoms with Crippen molar-refractivity contribution in [2.75, 3.05) is 39.4 Å². The van der Waals surface area contributed by atoms with Crippen LogP contribution in [0.5, 0.6) is 11.5 Å². The van der Waals surface area contributed by atoms with E-state index in [1.54, 1.807) is 0 Å². The van der Waals surface area contributed by atoms with Gasteiger partial charge in [-0.1, -0.05) is 13.8 Å². The van der Waals surface area contributed by atoms with Crippen molar-refractivity contribution in [3.8, 4) is 11.5 Å². The minimum atomic E-state index is 0.0292. The highest BCUT2D eigenvalue weighted by Crippen LogP contribution is 2.27. The van der Waals surface area contributed by atoms with Crippen LogP contribution in [0.15, 0.2) is 24.3 Å². The summed E-state index contributed by atoms with van der Waals surface area (Å²) >= 11 is 0. The van der Waals surface area contributed by atoms with Gasteiger partial charge in [0, 0.05) is 19.1 Å². The number of rotatable bonds is 8. The molecular weight excluding hydrogens is 318 g/mol. The second-order valence-electron chi connectivity index (χ2n) is 7.20. The molecule has 1 saturated heterocycles. The molecule has 6 nitrogen and oxygen atoms in total. The summed E-state index contributed by atoms with van der Waals surface area (Å²) in [5, 5.41) is 2.91. The Morgan fingerprint density at radius 2 is 1.92 bits per heavy atom. The highest BCUT2D eigenvalue weighted by molar-refractivity contribution is 5.78. The normalized spacial score (nSPS) is 20.1. The number of ether oxygens (including phenoxy) is 2. The molecular formula is C19H31N3O3. The third-order valence-electron chi connectivity index (χ3n) is 4.59. The number of nitrogens with two attached hydrogens (primary N) is 1. The molecule has 1 fully saturated rings. The van der Waals surface area contributed by atoms with Crippen LogP contribution in [-0.2, 0) is 4.79 Å². The number of hydrogen-bond acceptors (Lipinski definition) is 5. The summed E-state index contributed by atoms with van der Waals surface area (Å²) < 4.78 is 11.0. The molecule has 1 amide bonds. The lowest BCUT2D eigenvalue weighted by atomic mass is 9.80. The first-order chi connectivity index (χ1) is 11.9. The van der Waals surface area contributed by atoms with Crippen molar-refractivity contribution in [2.45, 2.75) is 33.2 Å². The molecule has 3 N–H and O–H groups in total. The van der Waals surface area contributed by atoms with Gasteiger partial charge in [0.15, 0.2) is 0 Å². The molecule has 0 bridgehead atoms. The zero-order chi connectivity index (χ0) is 18.3. The van der Waals surface area contributed by atoms with Crippen molar-refractivity contribution in [1.82, 2.24) is 10.2 Å². The second-order valence-corrected chi connectivity index (χ2v) is 7.20. The Bertz CT molecular complexity index is 545. The summed E-state index contributed by atoms with van der Waals surface area (Å²) in [5.74, 6) is 1.62. The quantitative estimate of drug-likeness (QED) is 0.698. The van der Waals surface area contributed by atoms with Crippen LogP contribution in [0.3, 0.4) is 0 Å². The maximum atomic E-state index is 12.1. The Kier molecular flexibility index (Phi) is 7.08. The molecule has 1 aromatic carbocycles. The number of hydrogen-bond donors (Lipinski definition) is 2. The Labute approximate surface area is 150 Å². The van der Waals surface area contributed by atoms with Crippen molar-refractivity contribution >= 4 is 5.91 Å². The Morgan fingerprint density at radius 1 is 1.28 bits per heavy atom. The van der Waals surface area contributed by atoms with E-state index in [1.165, 1.54) is 0 Å². The maximum Gasteiger partial charge on any atom is 0.234 e. The molecule has 0 saturated carbocycles. The largest absolute Gasteiger partial charge is 0.494 e. The monoisotopic (exact) mass is 349 g/mol. The number of likely N-dealkylation sites (tertiary alicyclic amines) is 1. The van der Waals surface area contributed by atoms with Gasteiger partial charge in [-0.05, 0) is 43.0 Å². The predicted octanol–water partition coefficient (Wildman–Crippen LogP) is 1.64. The van der Waals surface area contributed by atoms with E-state index in [1.807, 2.05) is 31.2 Å². The minimum Gasteiger partial charge on any atom is -0.494 e. The maximum absolute atomic E-state index is 12.1. The van der Waals surface area contributed by atoms with Crippen LogP contribution < -0.4 is 20.5 Å². The van der Waals surface area contributed by atoms with Crippen molar-refractivity contribution in [2.24, 2.45) is 11.1 Å². The van der Waals surface area contributed by atoms with Crippen molar-refractivity contribution in [1.29, 1.82) is 0 Å². The van der Waals surface area contributed by atoms with Crippen molar-refractivity contribution in [3.63, 3.8) is 0 Å². The van der Waals surface area contributed by atoms with Crippen LogP contribution in [0.25, 0.3) is 0 Å². The highest BCUT2D eigenvalue weighted by Gasteiger charge is 2.33. The Balaban J connectivity index is 1.64. The second kappa shape index (κ2) is 9.06. The van der Waals surface area contributed by atoms with Gasteiger partial charge in [0.1, 0.15) is 18.1 Å². The smallest absolute Gasteiger partial charge is 0.234 e. The number of amides is 1. The number of carbonyl (C=O) groups excluding carboxylic acids is 1. The summed E-state index contributed by atoms with van der Waals surface area (Å²) in [6.45, 7) is 9.99. The van der Waals surface area contributed by atoms with Gasteiger partial charge in [-0.3, -0.25) is 9.69 Å². The molecule has 1 aromatic rings. The summed E-state index contributed by atoms with van der Waals surface area (Å²) in [6, 6.07) is 7.69. The van der Waals surface area contributed by atoms with Gasteiger partial charge >= 0.3 is 0 Å². The van der Waals surface area contributed by atoms with Crippen LogP contribution >= 0.6 is 0 Å². The molecule has 1 aliphatic rings. The first-order valence-corrected chi connectivity index (χ1v) is 9.01. The third kappa shape index (κ3) is 6.21. The van der Waals surface area contributed by atoms with E-state index in [0.29, 0.717) is 26.3 Å². The fraction of sp³-hybridized carbons (Fsp3) is 0.632. The molecule has 0 aliphatic carbocycles. The minimum absolute atomic E-state index is 0.0292. The van der Waals surface area contributed by atoms with Gasteiger partial charge in [0.25, 0.3) is 0 Å². The van der Waals surface area contributed by atoms with Gasteiger partial charge < -0.3 is 20.5 Å².